The minimum absolute atomic E-state index is 0.0920. The molecule has 1 saturated heterocycles. The lowest BCUT2D eigenvalue weighted by atomic mass is 10.1. The summed E-state index contributed by atoms with van der Waals surface area (Å²) in [7, 11) is 0. The molecule has 2 heterocycles. The smallest absolute Gasteiger partial charge is 0.333 e. The molecule has 8 nitrogen and oxygen atoms in total. The molecule has 144 valence electrons. The molecule has 2 N–H and O–H groups in total. The van der Waals surface area contributed by atoms with Crippen LogP contribution >= 0.6 is 0 Å². The highest BCUT2D eigenvalue weighted by molar-refractivity contribution is 5.95. The van der Waals surface area contributed by atoms with E-state index < -0.39 is 60.6 Å². The summed E-state index contributed by atoms with van der Waals surface area (Å²) in [4.78, 5) is 36.8. The number of carbonyl (C=O) groups is 1. The van der Waals surface area contributed by atoms with E-state index in [0.29, 0.717) is 4.57 Å². The van der Waals surface area contributed by atoms with Crippen molar-refractivity contribution >= 4 is 5.78 Å². The number of alkyl halides is 1. The summed E-state index contributed by atoms with van der Waals surface area (Å²) in [5.74, 6) is -1.17. The number of benzene rings is 1. The molecule has 10 heteroatoms. The van der Waals surface area contributed by atoms with Crippen LogP contribution in [0.4, 0.5) is 8.78 Å². The molecule has 0 saturated carbocycles. The maximum Gasteiger partial charge on any atom is 0.333 e. The zero-order valence-electron chi connectivity index (χ0n) is 13.9. The molecule has 2 aromatic rings. The first kappa shape index (κ1) is 19.1. The van der Waals surface area contributed by atoms with Crippen LogP contribution < -0.4 is 11.2 Å². The Labute approximate surface area is 150 Å². The Balaban J connectivity index is 1.93. The second kappa shape index (κ2) is 7.51. The lowest BCUT2D eigenvalue weighted by Crippen LogP contribution is -2.43. The zero-order valence-corrected chi connectivity index (χ0v) is 13.9. The van der Waals surface area contributed by atoms with Gasteiger partial charge in [0.15, 0.2) is 18.2 Å². The predicted octanol–water partition coefficient (Wildman–Crippen LogP) is -0.379. The first-order chi connectivity index (χ1) is 12.8. The number of carbonyl (C=O) groups excluding carboxylic acids is 1. The van der Waals surface area contributed by atoms with Crippen LogP contribution in [0.5, 0.6) is 0 Å². The summed E-state index contributed by atoms with van der Waals surface area (Å²) in [6, 6.07) is 5.51. The predicted molar refractivity (Wildman–Crippen MR) is 87.6 cm³/mol. The van der Waals surface area contributed by atoms with Gasteiger partial charge in [-0.1, -0.05) is 0 Å². The SMILES string of the molecule is O=C(Cn1c(=O)ccn([C@@H]2O[C@H](CO)[C@@H](O)[C@H]2F)c1=O)c1ccc(F)cc1. The van der Waals surface area contributed by atoms with Gasteiger partial charge in [0.1, 0.15) is 18.0 Å². The van der Waals surface area contributed by atoms with Crippen LogP contribution in [0.3, 0.4) is 0 Å². The van der Waals surface area contributed by atoms with Gasteiger partial charge in [-0.2, -0.15) is 0 Å². The van der Waals surface area contributed by atoms with Gasteiger partial charge in [-0.05, 0) is 24.3 Å². The van der Waals surface area contributed by atoms with E-state index in [2.05, 4.69) is 0 Å². The number of rotatable bonds is 5. The van der Waals surface area contributed by atoms with Crippen molar-refractivity contribution in [3.63, 3.8) is 0 Å². The Hall–Kier alpha value is -2.69. The summed E-state index contributed by atoms with van der Waals surface area (Å²) in [5, 5.41) is 18.8. The van der Waals surface area contributed by atoms with Crippen molar-refractivity contribution in [3.05, 3.63) is 68.7 Å². The molecule has 1 aliphatic heterocycles. The average Bonchev–Trinajstić information content (AvgIpc) is 2.94. The number of aromatic nitrogens is 2. The molecule has 1 aromatic heterocycles. The van der Waals surface area contributed by atoms with Crippen molar-refractivity contribution in [2.45, 2.75) is 31.2 Å². The number of nitrogens with zero attached hydrogens (tertiary/aromatic N) is 2. The van der Waals surface area contributed by atoms with Crippen LogP contribution in [0.25, 0.3) is 0 Å². The molecule has 27 heavy (non-hydrogen) atoms. The number of hydrogen-bond acceptors (Lipinski definition) is 6. The molecule has 4 atom stereocenters. The fourth-order valence-corrected chi connectivity index (χ4v) is 2.82. The lowest BCUT2D eigenvalue weighted by Gasteiger charge is -2.17. The minimum atomic E-state index is -2.02. The second-order valence-electron chi connectivity index (χ2n) is 6.04. The van der Waals surface area contributed by atoms with Gasteiger partial charge in [-0.25, -0.2) is 13.6 Å². The standard InChI is InChI=1S/C17H16F2N2O6/c18-10-3-1-9(2-4-10)11(23)7-21-13(24)5-6-20(17(21)26)16-14(19)15(25)12(8-22)27-16/h1-6,12,14-16,22,25H,7-8H2/t12-,14-,15-,16-/m1/s1. The number of hydrogen-bond donors (Lipinski definition) is 2. The highest BCUT2D eigenvalue weighted by Crippen LogP contribution is 2.30. The van der Waals surface area contributed by atoms with Crippen LogP contribution in [0.15, 0.2) is 46.1 Å². The number of aliphatic hydroxyl groups is 2. The van der Waals surface area contributed by atoms with Crippen LogP contribution in [0, 0.1) is 5.82 Å². The summed E-state index contributed by atoms with van der Waals surface area (Å²) in [5.41, 5.74) is -1.72. The third-order valence-electron chi connectivity index (χ3n) is 4.31. The Morgan fingerprint density at radius 2 is 1.85 bits per heavy atom. The van der Waals surface area contributed by atoms with Crippen LogP contribution in [-0.4, -0.2) is 50.1 Å². The monoisotopic (exact) mass is 382 g/mol. The summed E-state index contributed by atoms with van der Waals surface area (Å²) in [6.07, 6.45) is -5.45. The van der Waals surface area contributed by atoms with Gasteiger partial charge in [-0.3, -0.25) is 18.7 Å². The third kappa shape index (κ3) is 3.59. The van der Waals surface area contributed by atoms with E-state index in [1.165, 1.54) is 12.1 Å². The van der Waals surface area contributed by atoms with Gasteiger partial charge in [0, 0.05) is 17.8 Å². The number of ether oxygens (including phenoxy) is 1. The fraction of sp³-hybridized carbons (Fsp3) is 0.353. The molecule has 0 spiro atoms. The van der Waals surface area contributed by atoms with Crippen molar-refractivity contribution in [2.24, 2.45) is 0 Å². The molecule has 0 unspecified atom stereocenters. The topological polar surface area (TPSA) is 111 Å². The Morgan fingerprint density at radius 1 is 1.19 bits per heavy atom. The highest BCUT2D eigenvalue weighted by Gasteiger charge is 2.45. The normalized spacial score (nSPS) is 24.9. The molecule has 1 aromatic carbocycles. The lowest BCUT2D eigenvalue weighted by molar-refractivity contribution is -0.0496. The Bertz CT molecular complexity index is 955. The van der Waals surface area contributed by atoms with Crippen molar-refractivity contribution in [1.29, 1.82) is 0 Å². The molecular weight excluding hydrogens is 366 g/mol. The zero-order chi connectivity index (χ0) is 19.7. The van der Waals surface area contributed by atoms with E-state index in [-0.39, 0.29) is 5.56 Å². The molecule has 0 radical (unpaired) electrons. The number of Topliss-reactive ketones (excluding diaryl/α,β-unsaturated/α-hetero) is 1. The Kier molecular flexibility index (Phi) is 5.31. The van der Waals surface area contributed by atoms with Crippen molar-refractivity contribution in [2.75, 3.05) is 6.61 Å². The van der Waals surface area contributed by atoms with Crippen molar-refractivity contribution in [1.82, 2.24) is 9.13 Å². The van der Waals surface area contributed by atoms with E-state index in [4.69, 9.17) is 9.84 Å². The van der Waals surface area contributed by atoms with Crippen molar-refractivity contribution < 1.29 is 28.5 Å². The first-order valence-electron chi connectivity index (χ1n) is 8.02. The fourth-order valence-electron chi connectivity index (χ4n) is 2.82. The highest BCUT2D eigenvalue weighted by atomic mass is 19.1. The van der Waals surface area contributed by atoms with E-state index in [1.807, 2.05) is 0 Å². The summed E-state index contributed by atoms with van der Waals surface area (Å²) < 4.78 is 33.7. The quantitative estimate of drug-likeness (QED) is 0.682. The van der Waals surface area contributed by atoms with Gasteiger partial charge in [-0.15, -0.1) is 0 Å². The number of aliphatic hydroxyl groups excluding tert-OH is 2. The molecule has 0 bridgehead atoms. The first-order valence-corrected chi connectivity index (χ1v) is 8.02. The van der Waals surface area contributed by atoms with Crippen LogP contribution in [-0.2, 0) is 11.3 Å². The van der Waals surface area contributed by atoms with Gasteiger partial charge >= 0.3 is 5.69 Å². The molecule has 0 aliphatic carbocycles. The van der Waals surface area contributed by atoms with E-state index >= 15 is 0 Å². The molecule has 1 aliphatic rings. The van der Waals surface area contributed by atoms with Gasteiger partial charge in [0.05, 0.1) is 13.2 Å². The van der Waals surface area contributed by atoms with E-state index in [1.54, 1.807) is 0 Å². The van der Waals surface area contributed by atoms with Crippen molar-refractivity contribution in [3.8, 4) is 0 Å². The van der Waals surface area contributed by atoms with Crippen LogP contribution in [0.2, 0.25) is 0 Å². The van der Waals surface area contributed by atoms with Gasteiger partial charge < -0.3 is 14.9 Å². The van der Waals surface area contributed by atoms with Gasteiger partial charge in [0.2, 0.25) is 0 Å². The molecular formula is C17H16F2N2O6. The second-order valence-corrected chi connectivity index (χ2v) is 6.04. The van der Waals surface area contributed by atoms with Crippen LogP contribution in [0.1, 0.15) is 16.6 Å². The summed E-state index contributed by atoms with van der Waals surface area (Å²) >= 11 is 0. The van der Waals surface area contributed by atoms with E-state index in [9.17, 15) is 28.3 Å². The third-order valence-corrected chi connectivity index (χ3v) is 4.31. The number of ketones is 1. The number of halogens is 2. The maximum atomic E-state index is 14.2. The largest absolute Gasteiger partial charge is 0.394 e. The van der Waals surface area contributed by atoms with Gasteiger partial charge in [0.25, 0.3) is 5.56 Å². The molecule has 1 fully saturated rings. The molecule has 0 amide bonds. The molecule has 3 rings (SSSR count). The Morgan fingerprint density at radius 3 is 2.44 bits per heavy atom. The maximum absolute atomic E-state index is 14.2. The average molecular weight is 382 g/mol. The van der Waals surface area contributed by atoms with E-state index in [0.717, 1.165) is 29.0 Å². The minimum Gasteiger partial charge on any atom is -0.394 e. The summed E-state index contributed by atoms with van der Waals surface area (Å²) in [6.45, 7) is -1.30.